The van der Waals surface area contributed by atoms with Gasteiger partial charge in [0, 0.05) is 23.5 Å². The molecule has 1 aliphatic rings. The van der Waals surface area contributed by atoms with Crippen molar-refractivity contribution in [1.29, 1.82) is 0 Å². The van der Waals surface area contributed by atoms with Crippen LogP contribution in [-0.4, -0.2) is 17.3 Å². The topological polar surface area (TPSA) is 69.6 Å². The lowest BCUT2D eigenvalue weighted by atomic mass is 10.1. The number of nitrogens with one attached hydrogen (secondary N) is 1. The van der Waals surface area contributed by atoms with Gasteiger partial charge in [-0.1, -0.05) is 29.8 Å². The lowest BCUT2D eigenvalue weighted by molar-refractivity contribution is 0.102. The van der Waals surface area contributed by atoms with Crippen molar-refractivity contribution in [2.24, 2.45) is 0 Å². The van der Waals surface area contributed by atoms with Crippen LogP contribution in [0, 0.1) is 0 Å². The van der Waals surface area contributed by atoms with Crippen LogP contribution in [0.25, 0.3) is 0 Å². The number of anilines is 1. The number of aromatic nitrogens is 1. The molecule has 0 fully saturated rings. The number of amides is 1. The quantitative estimate of drug-likeness (QED) is 0.749. The molecular formula is C20H15ClN2O4. The number of benzene rings is 2. The molecule has 0 bridgehead atoms. The number of pyridine rings is 1. The molecule has 0 saturated carbocycles. The molecule has 0 aliphatic carbocycles. The summed E-state index contributed by atoms with van der Waals surface area (Å²) >= 11 is 6.12. The van der Waals surface area contributed by atoms with Gasteiger partial charge in [0.05, 0.1) is 11.6 Å². The number of halogens is 1. The molecule has 6 nitrogen and oxygen atoms in total. The summed E-state index contributed by atoms with van der Waals surface area (Å²) in [5.74, 6) is 0.604. The van der Waals surface area contributed by atoms with Crippen molar-refractivity contribution >= 4 is 23.2 Å². The van der Waals surface area contributed by atoms with Crippen molar-refractivity contribution in [1.82, 2.24) is 4.57 Å². The Morgan fingerprint density at radius 2 is 1.93 bits per heavy atom. The maximum atomic E-state index is 12.5. The van der Waals surface area contributed by atoms with Crippen molar-refractivity contribution in [2.45, 2.75) is 6.54 Å². The molecule has 4 rings (SSSR count). The molecule has 136 valence electrons. The fourth-order valence-electron chi connectivity index (χ4n) is 2.78. The average molecular weight is 383 g/mol. The molecule has 2 heterocycles. The normalized spacial score (nSPS) is 12.0. The Hall–Kier alpha value is -3.25. The average Bonchev–Trinajstić information content (AvgIpc) is 3.14. The second kappa shape index (κ2) is 7.17. The minimum Gasteiger partial charge on any atom is -0.454 e. The van der Waals surface area contributed by atoms with E-state index in [4.69, 9.17) is 21.1 Å². The van der Waals surface area contributed by atoms with E-state index >= 15 is 0 Å². The Balaban J connectivity index is 1.47. The van der Waals surface area contributed by atoms with Crippen LogP contribution in [0.3, 0.4) is 0 Å². The molecule has 0 atom stereocenters. The highest BCUT2D eigenvalue weighted by Gasteiger charge is 2.20. The molecule has 0 saturated heterocycles. The van der Waals surface area contributed by atoms with Gasteiger partial charge in [0.2, 0.25) is 6.79 Å². The highest BCUT2D eigenvalue weighted by molar-refractivity contribution is 6.32. The van der Waals surface area contributed by atoms with E-state index in [9.17, 15) is 9.59 Å². The van der Waals surface area contributed by atoms with Crippen molar-refractivity contribution in [3.63, 3.8) is 0 Å². The summed E-state index contributed by atoms with van der Waals surface area (Å²) in [6.45, 7) is 0.553. The Kier molecular flexibility index (Phi) is 4.56. The zero-order chi connectivity index (χ0) is 18.8. The highest BCUT2D eigenvalue weighted by Crippen LogP contribution is 2.39. The van der Waals surface area contributed by atoms with E-state index in [-0.39, 0.29) is 18.3 Å². The molecule has 1 N–H and O–H groups in total. The fourth-order valence-corrected chi connectivity index (χ4v) is 3.05. The molecule has 0 unspecified atom stereocenters. The van der Waals surface area contributed by atoms with Crippen LogP contribution in [0.1, 0.15) is 15.9 Å². The van der Waals surface area contributed by atoms with Crippen LogP contribution >= 0.6 is 11.6 Å². The molecule has 1 aliphatic heterocycles. The third kappa shape index (κ3) is 3.66. The maximum Gasteiger partial charge on any atom is 0.255 e. The number of fused-ring (bicyclic) bond motifs is 1. The van der Waals surface area contributed by atoms with Gasteiger partial charge in [0.15, 0.2) is 11.5 Å². The standard InChI is InChI=1S/C20H15ClN2O4/c21-16-9-14(10-17-19(16)27-12-26-17)20(25)22-15-6-4-13(5-7-15)11-23-8-2-1-3-18(23)24/h1-10H,11-12H2,(H,22,25). The molecule has 0 spiro atoms. The van der Waals surface area contributed by atoms with Crippen molar-refractivity contribution in [3.05, 3.63) is 87.3 Å². The van der Waals surface area contributed by atoms with E-state index in [1.165, 1.54) is 6.07 Å². The first kappa shape index (κ1) is 17.2. The van der Waals surface area contributed by atoms with Gasteiger partial charge in [-0.2, -0.15) is 0 Å². The highest BCUT2D eigenvalue weighted by atomic mass is 35.5. The van der Waals surface area contributed by atoms with Gasteiger partial charge in [-0.25, -0.2) is 0 Å². The van der Waals surface area contributed by atoms with Crippen LogP contribution in [0.2, 0.25) is 5.02 Å². The minimum atomic E-state index is -0.303. The van der Waals surface area contributed by atoms with Crippen molar-refractivity contribution < 1.29 is 14.3 Å². The first-order valence-electron chi connectivity index (χ1n) is 8.25. The van der Waals surface area contributed by atoms with Crippen LogP contribution < -0.4 is 20.3 Å². The third-order valence-electron chi connectivity index (χ3n) is 4.15. The minimum absolute atomic E-state index is 0.0606. The lowest BCUT2D eigenvalue weighted by Crippen LogP contribution is -2.18. The Bertz CT molecular complexity index is 1060. The lowest BCUT2D eigenvalue weighted by Gasteiger charge is -2.09. The molecule has 7 heteroatoms. The summed E-state index contributed by atoms with van der Waals surface area (Å²) < 4.78 is 12.1. The fraction of sp³-hybridized carbons (Fsp3) is 0.100. The smallest absolute Gasteiger partial charge is 0.255 e. The van der Waals surface area contributed by atoms with E-state index in [2.05, 4.69) is 5.32 Å². The summed E-state index contributed by atoms with van der Waals surface area (Å²) in [4.78, 5) is 24.3. The predicted molar refractivity (Wildman–Crippen MR) is 102 cm³/mol. The molecule has 1 amide bonds. The molecule has 0 radical (unpaired) electrons. The van der Waals surface area contributed by atoms with Gasteiger partial charge in [-0.15, -0.1) is 0 Å². The number of hydrogen-bond donors (Lipinski definition) is 1. The number of rotatable bonds is 4. The van der Waals surface area contributed by atoms with E-state index in [1.54, 1.807) is 41.1 Å². The molecule has 2 aromatic carbocycles. The summed E-state index contributed by atoms with van der Waals surface area (Å²) in [5, 5.41) is 3.15. The van der Waals surface area contributed by atoms with Crippen molar-refractivity contribution in [3.8, 4) is 11.5 Å². The first-order chi connectivity index (χ1) is 13.1. The van der Waals surface area contributed by atoms with Crippen molar-refractivity contribution in [2.75, 3.05) is 12.1 Å². The SMILES string of the molecule is O=C(Nc1ccc(Cn2ccccc2=O)cc1)c1cc(Cl)c2c(c1)OCO2. The maximum absolute atomic E-state index is 12.5. The zero-order valence-electron chi connectivity index (χ0n) is 14.1. The van der Waals surface area contributed by atoms with Gasteiger partial charge in [0.25, 0.3) is 11.5 Å². The number of hydrogen-bond acceptors (Lipinski definition) is 4. The third-order valence-corrected chi connectivity index (χ3v) is 4.43. The van der Waals surface area contributed by atoms with Gasteiger partial charge < -0.3 is 19.4 Å². The predicted octanol–water partition coefficient (Wildman–Crippen LogP) is 3.53. The van der Waals surface area contributed by atoms with Crippen LogP contribution in [-0.2, 0) is 6.54 Å². The van der Waals surface area contributed by atoms with E-state index < -0.39 is 0 Å². The summed E-state index contributed by atoms with van der Waals surface area (Å²) in [6, 6.07) is 15.5. The molecule has 27 heavy (non-hydrogen) atoms. The molecular weight excluding hydrogens is 368 g/mol. The number of carbonyl (C=O) groups is 1. The largest absolute Gasteiger partial charge is 0.454 e. The van der Waals surface area contributed by atoms with Gasteiger partial charge >= 0.3 is 0 Å². The first-order valence-corrected chi connectivity index (χ1v) is 8.63. The van der Waals surface area contributed by atoms with Gasteiger partial charge in [-0.3, -0.25) is 9.59 Å². The molecule has 3 aromatic rings. The zero-order valence-corrected chi connectivity index (χ0v) is 14.9. The summed E-state index contributed by atoms with van der Waals surface area (Å²) in [7, 11) is 0. The van der Waals surface area contributed by atoms with Gasteiger partial charge in [-0.05, 0) is 35.9 Å². The van der Waals surface area contributed by atoms with Gasteiger partial charge in [0.1, 0.15) is 0 Å². The number of carbonyl (C=O) groups excluding carboxylic acids is 1. The van der Waals surface area contributed by atoms with E-state index in [0.29, 0.717) is 34.3 Å². The van der Waals surface area contributed by atoms with Crippen LogP contribution in [0.15, 0.2) is 65.6 Å². The van der Waals surface area contributed by atoms with E-state index in [0.717, 1.165) is 5.56 Å². The van der Waals surface area contributed by atoms with Crippen LogP contribution in [0.5, 0.6) is 11.5 Å². The monoisotopic (exact) mass is 382 g/mol. The Morgan fingerprint density at radius 3 is 2.70 bits per heavy atom. The second-order valence-corrected chi connectivity index (χ2v) is 6.42. The molecule has 1 aromatic heterocycles. The van der Waals surface area contributed by atoms with E-state index in [1.807, 2.05) is 18.2 Å². The number of ether oxygens (including phenoxy) is 2. The number of nitrogens with zero attached hydrogens (tertiary/aromatic N) is 1. The summed E-state index contributed by atoms with van der Waals surface area (Å²) in [5.41, 5.74) is 1.91. The second-order valence-electron chi connectivity index (χ2n) is 6.01. The Morgan fingerprint density at radius 1 is 1.11 bits per heavy atom. The Labute approximate surface area is 159 Å². The summed E-state index contributed by atoms with van der Waals surface area (Å²) in [6.07, 6.45) is 1.74. The van der Waals surface area contributed by atoms with Crippen LogP contribution in [0.4, 0.5) is 5.69 Å².